The van der Waals surface area contributed by atoms with E-state index in [2.05, 4.69) is 5.32 Å². The minimum atomic E-state index is -0.196. The molecule has 3 nitrogen and oxygen atoms in total. The Morgan fingerprint density at radius 3 is 2.79 bits per heavy atom. The lowest BCUT2D eigenvalue weighted by atomic mass is 10.2. The maximum Gasteiger partial charge on any atom is 0.252 e. The van der Waals surface area contributed by atoms with Crippen LogP contribution < -0.4 is 10.1 Å². The van der Waals surface area contributed by atoms with E-state index in [1.807, 2.05) is 6.92 Å². The largest absolute Gasteiger partial charge is 0.494 e. The summed E-state index contributed by atoms with van der Waals surface area (Å²) in [7, 11) is 1.56. The molecule has 14 heavy (non-hydrogen) atoms. The molecule has 0 aliphatic heterocycles. The number of rotatable bonds is 3. The van der Waals surface area contributed by atoms with E-state index in [1.165, 1.54) is 0 Å². The normalized spacial score (nSPS) is 9.64. The van der Waals surface area contributed by atoms with Gasteiger partial charge in [0.15, 0.2) is 0 Å². The molecule has 0 spiro atoms. The van der Waals surface area contributed by atoms with Gasteiger partial charge in [-0.1, -0.05) is 11.6 Å². The molecular weight excluding hydrogens is 202 g/mol. The van der Waals surface area contributed by atoms with Gasteiger partial charge in [-0.15, -0.1) is 0 Å². The van der Waals surface area contributed by atoms with Crippen molar-refractivity contribution in [3.63, 3.8) is 0 Å². The number of carbonyl (C=O) groups is 1. The molecular formula is C10H12ClNO2. The summed E-state index contributed by atoms with van der Waals surface area (Å²) in [5.41, 5.74) is 0.456. The Labute approximate surface area is 88.0 Å². The van der Waals surface area contributed by atoms with Crippen LogP contribution >= 0.6 is 11.6 Å². The van der Waals surface area contributed by atoms with Crippen molar-refractivity contribution in [3.05, 3.63) is 28.8 Å². The third-order valence-electron chi connectivity index (χ3n) is 1.72. The number of nitrogens with one attached hydrogen (secondary N) is 1. The molecule has 0 aromatic heterocycles. The van der Waals surface area contributed by atoms with Gasteiger partial charge in [0.05, 0.1) is 17.2 Å². The molecule has 4 heteroatoms. The van der Waals surface area contributed by atoms with E-state index in [9.17, 15) is 4.79 Å². The van der Waals surface area contributed by atoms with E-state index in [-0.39, 0.29) is 5.91 Å². The summed E-state index contributed by atoms with van der Waals surface area (Å²) >= 11 is 5.90. The molecule has 0 radical (unpaired) electrons. The topological polar surface area (TPSA) is 38.3 Å². The summed E-state index contributed by atoms with van der Waals surface area (Å²) in [6, 6.07) is 5.00. The van der Waals surface area contributed by atoms with E-state index in [4.69, 9.17) is 16.3 Å². The summed E-state index contributed by atoms with van der Waals surface area (Å²) in [5, 5.41) is 2.91. The molecule has 0 unspecified atom stereocenters. The van der Waals surface area contributed by atoms with Crippen LogP contribution in [0.1, 0.15) is 17.3 Å². The van der Waals surface area contributed by atoms with Gasteiger partial charge in [-0.05, 0) is 25.1 Å². The number of carbonyl (C=O) groups excluding carboxylic acids is 1. The first-order valence-corrected chi connectivity index (χ1v) is 4.71. The second-order valence-electron chi connectivity index (χ2n) is 2.65. The Kier molecular flexibility index (Phi) is 3.77. The summed E-state index contributed by atoms with van der Waals surface area (Å²) in [6.07, 6.45) is 0. The third-order valence-corrected chi connectivity index (χ3v) is 2.04. The Hall–Kier alpha value is -1.22. The van der Waals surface area contributed by atoms with Crippen LogP contribution in [-0.2, 0) is 0 Å². The van der Waals surface area contributed by atoms with Crippen molar-refractivity contribution in [3.8, 4) is 5.75 Å². The highest BCUT2D eigenvalue weighted by Gasteiger charge is 2.08. The molecule has 0 heterocycles. The number of amides is 1. The predicted octanol–water partition coefficient (Wildman–Crippen LogP) is 2.10. The van der Waals surface area contributed by atoms with Gasteiger partial charge >= 0.3 is 0 Å². The highest BCUT2D eigenvalue weighted by Crippen LogP contribution is 2.22. The highest BCUT2D eigenvalue weighted by molar-refractivity contribution is 6.34. The zero-order valence-electron chi connectivity index (χ0n) is 8.13. The SMILES string of the molecule is CCOc1ccc(C(=O)NC)c(Cl)c1. The van der Waals surface area contributed by atoms with Gasteiger partial charge in [-0.25, -0.2) is 0 Å². The van der Waals surface area contributed by atoms with Crippen LogP contribution in [0, 0.1) is 0 Å². The quantitative estimate of drug-likeness (QED) is 0.835. The van der Waals surface area contributed by atoms with Gasteiger partial charge in [0.1, 0.15) is 5.75 Å². The fourth-order valence-corrected chi connectivity index (χ4v) is 1.33. The Balaban J connectivity index is 2.95. The average Bonchev–Trinajstić information content (AvgIpc) is 2.17. The maximum atomic E-state index is 11.3. The first-order chi connectivity index (χ1) is 6.69. The van der Waals surface area contributed by atoms with Crippen LogP contribution in [0.3, 0.4) is 0 Å². The zero-order chi connectivity index (χ0) is 10.6. The summed E-state index contributed by atoms with van der Waals surface area (Å²) in [6.45, 7) is 2.47. The summed E-state index contributed by atoms with van der Waals surface area (Å²) < 4.78 is 5.24. The molecule has 1 aromatic carbocycles. The van der Waals surface area contributed by atoms with Crippen molar-refractivity contribution in [2.45, 2.75) is 6.92 Å². The molecule has 0 aliphatic rings. The third kappa shape index (κ3) is 2.39. The van der Waals surface area contributed by atoms with Gasteiger partial charge in [0, 0.05) is 7.05 Å². The van der Waals surface area contributed by atoms with E-state index in [0.29, 0.717) is 22.9 Å². The molecule has 1 N–H and O–H groups in total. The van der Waals surface area contributed by atoms with Crippen LogP contribution in [0.2, 0.25) is 5.02 Å². The molecule has 0 atom stereocenters. The highest BCUT2D eigenvalue weighted by atomic mass is 35.5. The molecule has 0 saturated heterocycles. The Bertz CT molecular complexity index is 339. The van der Waals surface area contributed by atoms with E-state index >= 15 is 0 Å². The summed E-state index contributed by atoms with van der Waals surface area (Å²) in [4.78, 5) is 11.3. The van der Waals surface area contributed by atoms with E-state index in [0.717, 1.165) is 0 Å². The molecule has 1 amide bonds. The standard InChI is InChI=1S/C10H12ClNO2/c1-3-14-7-4-5-8(9(11)6-7)10(13)12-2/h4-6H,3H2,1-2H3,(H,12,13). The zero-order valence-corrected chi connectivity index (χ0v) is 8.89. The number of ether oxygens (including phenoxy) is 1. The Morgan fingerprint density at radius 1 is 1.57 bits per heavy atom. The van der Waals surface area contributed by atoms with Crippen LogP contribution in [-0.4, -0.2) is 19.6 Å². The van der Waals surface area contributed by atoms with Gasteiger partial charge in [0.2, 0.25) is 0 Å². The van der Waals surface area contributed by atoms with Crippen LogP contribution in [0.15, 0.2) is 18.2 Å². The van der Waals surface area contributed by atoms with E-state index in [1.54, 1.807) is 25.2 Å². The molecule has 0 aliphatic carbocycles. The second-order valence-corrected chi connectivity index (χ2v) is 3.06. The monoisotopic (exact) mass is 213 g/mol. The van der Waals surface area contributed by atoms with Gasteiger partial charge in [-0.2, -0.15) is 0 Å². The van der Waals surface area contributed by atoms with Crippen molar-refractivity contribution < 1.29 is 9.53 Å². The Morgan fingerprint density at radius 2 is 2.29 bits per heavy atom. The predicted molar refractivity (Wildman–Crippen MR) is 56.0 cm³/mol. The molecule has 0 bridgehead atoms. The fraction of sp³-hybridized carbons (Fsp3) is 0.300. The van der Waals surface area contributed by atoms with Crippen molar-refractivity contribution in [1.82, 2.24) is 5.32 Å². The maximum absolute atomic E-state index is 11.3. The lowest BCUT2D eigenvalue weighted by Crippen LogP contribution is -2.18. The number of hydrogen-bond donors (Lipinski definition) is 1. The number of benzene rings is 1. The lowest BCUT2D eigenvalue weighted by molar-refractivity contribution is 0.0963. The van der Waals surface area contributed by atoms with Crippen LogP contribution in [0.5, 0.6) is 5.75 Å². The molecule has 0 fully saturated rings. The minimum absolute atomic E-state index is 0.196. The van der Waals surface area contributed by atoms with Crippen molar-refractivity contribution in [2.75, 3.05) is 13.7 Å². The van der Waals surface area contributed by atoms with Crippen molar-refractivity contribution >= 4 is 17.5 Å². The van der Waals surface area contributed by atoms with Gasteiger partial charge < -0.3 is 10.1 Å². The average molecular weight is 214 g/mol. The summed E-state index contributed by atoms with van der Waals surface area (Å²) in [5.74, 6) is 0.475. The number of hydrogen-bond acceptors (Lipinski definition) is 2. The van der Waals surface area contributed by atoms with Gasteiger partial charge in [-0.3, -0.25) is 4.79 Å². The molecule has 1 rings (SSSR count). The van der Waals surface area contributed by atoms with Crippen LogP contribution in [0.4, 0.5) is 0 Å². The minimum Gasteiger partial charge on any atom is -0.494 e. The van der Waals surface area contributed by atoms with Crippen molar-refractivity contribution in [2.24, 2.45) is 0 Å². The van der Waals surface area contributed by atoms with Crippen LogP contribution in [0.25, 0.3) is 0 Å². The first kappa shape index (κ1) is 10.9. The molecule has 0 saturated carbocycles. The molecule has 76 valence electrons. The van der Waals surface area contributed by atoms with Crippen molar-refractivity contribution in [1.29, 1.82) is 0 Å². The van der Waals surface area contributed by atoms with Gasteiger partial charge in [0.25, 0.3) is 5.91 Å². The lowest BCUT2D eigenvalue weighted by Gasteiger charge is -2.06. The smallest absolute Gasteiger partial charge is 0.252 e. The van der Waals surface area contributed by atoms with E-state index < -0.39 is 0 Å². The fourth-order valence-electron chi connectivity index (χ4n) is 1.07. The second kappa shape index (κ2) is 4.86. The first-order valence-electron chi connectivity index (χ1n) is 4.33. The number of halogens is 1. The molecule has 1 aromatic rings.